The van der Waals surface area contributed by atoms with Gasteiger partial charge in [-0.15, -0.1) is 0 Å². The van der Waals surface area contributed by atoms with Gasteiger partial charge in [0.2, 0.25) is 0 Å². The van der Waals surface area contributed by atoms with Crippen LogP contribution in [0.3, 0.4) is 0 Å². The highest BCUT2D eigenvalue weighted by molar-refractivity contribution is 5.67. The van der Waals surface area contributed by atoms with Gasteiger partial charge in [-0.2, -0.15) is 0 Å². The van der Waals surface area contributed by atoms with Crippen molar-refractivity contribution in [2.45, 2.75) is 13.8 Å². The van der Waals surface area contributed by atoms with Crippen LogP contribution in [0.5, 0.6) is 5.75 Å². The summed E-state index contributed by atoms with van der Waals surface area (Å²) in [6.45, 7) is 4.40. The van der Waals surface area contributed by atoms with Crippen LogP contribution in [0.4, 0.5) is 0 Å². The van der Waals surface area contributed by atoms with E-state index in [2.05, 4.69) is 50.2 Å². The highest BCUT2D eigenvalue weighted by atomic mass is 16.7. The molecule has 0 heterocycles. The first-order valence-corrected chi connectivity index (χ1v) is 6.01. The molecule has 2 rings (SSSR count). The molecular formula is C16H18O2. The fraction of sp³-hybridized carbons (Fsp3) is 0.250. The summed E-state index contributed by atoms with van der Waals surface area (Å²) in [5.41, 5.74) is 4.70. The van der Waals surface area contributed by atoms with Crippen molar-refractivity contribution in [3.63, 3.8) is 0 Å². The number of ether oxygens (including phenoxy) is 2. The molecule has 94 valence electrons. The van der Waals surface area contributed by atoms with Crippen molar-refractivity contribution >= 4 is 0 Å². The Morgan fingerprint density at radius 2 is 1.50 bits per heavy atom. The molecule has 2 heteroatoms. The van der Waals surface area contributed by atoms with Crippen molar-refractivity contribution in [2.24, 2.45) is 0 Å². The monoisotopic (exact) mass is 242 g/mol. The largest absolute Gasteiger partial charge is 0.467 e. The smallest absolute Gasteiger partial charge is 0.188 e. The maximum absolute atomic E-state index is 5.59. The van der Waals surface area contributed by atoms with Crippen molar-refractivity contribution in [3.05, 3.63) is 53.6 Å². The van der Waals surface area contributed by atoms with Crippen LogP contribution in [0.25, 0.3) is 11.1 Å². The average molecular weight is 242 g/mol. The first-order chi connectivity index (χ1) is 8.72. The van der Waals surface area contributed by atoms with Crippen LogP contribution < -0.4 is 4.74 Å². The van der Waals surface area contributed by atoms with Crippen LogP contribution in [-0.4, -0.2) is 13.9 Å². The second-order valence-electron chi connectivity index (χ2n) is 4.36. The molecule has 2 aromatic rings. The molecule has 0 radical (unpaired) electrons. The molecule has 2 aromatic carbocycles. The molecule has 0 bridgehead atoms. The van der Waals surface area contributed by atoms with Crippen LogP contribution in [0.2, 0.25) is 0 Å². The van der Waals surface area contributed by atoms with E-state index in [4.69, 9.17) is 9.47 Å². The molecule has 0 saturated carbocycles. The first kappa shape index (κ1) is 12.7. The van der Waals surface area contributed by atoms with Crippen LogP contribution in [0.15, 0.2) is 42.5 Å². The predicted molar refractivity (Wildman–Crippen MR) is 73.9 cm³/mol. The number of benzene rings is 2. The Balaban J connectivity index is 2.36. The van der Waals surface area contributed by atoms with E-state index >= 15 is 0 Å². The molecule has 0 unspecified atom stereocenters. The van der Waals surface area contributed by atoms with E-state index in [0.29, 0.717) is 0 Å². The lowest BCUT2D eigenvalue weighted by molar-refractivity contribution is 0.0501. The quantitative estimate of drug-likeness (QED) is 0.756. The van der Waals surface area contributed by atoms with Crippen molar-refractivity contribution in [2.75, 3.05) is 13.9 Å². The number of aryl methyl sites for hydroxylation is 2. The zero-order valence-corrected chi connectivity index (χ0v) is 11.1. The molecule has 0 aliphatic carbocycles. The minimum absolute atomic E-state index is 0.284. The maximum Gasteiger partial charge on any atom is 0.188 e. The van der Waals surface area contributed by atoms with Crippen molar-refractivity contribution in [1.82, 2.24) is 0 Å². The van der Waals surface area contributed by atoms with Gasteiger partial charge in [0.15, 0.2) is 6.79 Å². The topological polar surface area (TPSA) is 18.5 Å². The summed E-state index contributed by atoms with van der Waals surface area (Å²) in [6, 6.07) is 14.7. The highest BCUT2D eigenvalue weighted by Crippen LogP contribution is 2.30. The summed E-state index contributed by atoms with van der Waals surface area (Å²) >= 11 is 0. The second kappa shape index (κ2) is 5.69. The van der Waals surface area contributed by atoms with Gasteiger partial charge in [0, 0.05) is 7.11 Å². The predicted octanol–water partition coefficient (Wildman–Crippen LogP) is 3.95. The van der Waals surface area contributed by atoms with Gasteiger partial charge >= 0.3 is 0 Å². The lowest BCUT2D eigenvalue weighted by atomic mass is 10.00. The molecule has 0 spiro atoms. The average Bonchev–Trinajstić information content (AvgIpc) is 2.39. The van der Waals surface area contributed by atoms with E-state index in [1.165, 1.54) is 11.1 Å². The standard InChI is InChI=1S/C16H18O2/c1-12-9-15(14-7-5-4-6-8-14)10-13(2)16(12)18-11-17-3/h4-10H,11H2,1-3H3. The van der Waals surface area contributed by atoms with Crippen LogP contribution in [0, 0.1) is 13.8 Å². The van der Waals surface area contributed by atoms with Gasteiger partial charge in [0.1, 0.15) is 5.75 Å². The molecule has 0 fully saturated rings. The van der Waals surface area contributed by atoms with E-state index in [1.807, 2.05) is 6.07 Å². The normalized spacial score (nSPS) is 10.4. The van der Waals surface area contributed by atoms with Gasteiger partial charge in [-0.3, -0.25) is 0 Å². The summed E-state index contributed by atoms with van der Waals surface area (Å²) < 4.78 is 10.5. The SMILES string of the molecule is COCOc1c(C)cc(-c2ccccc2)cc1C. The van der Waals surface area contributed by atoms with Gasteiger partial charge in [-0.25, -0.2) is 0 Å². The number of rotatable bonds is 4. The van der Waals surface area contributed by atoms with E-state index < -0.39 is 0 Å². The summed E-state index contributed by atoms with van der Waals surface area (Å²) in [4.78, 5) is 0. The molecule has 0 saturated heterocycles. The Morgan fingerprint density at radius 1 is 0.889 bits per heavy atom. The lowest BCUT2D eigenvalue weighted by Gasteiger charge is -2.13. The maximum atomic E-state index is 5.59. The summed E-state index contributed by atoms with van der Waals surface area (Å²) in [5, 5.41) is 0. The van der Waals surface area contributed by atoms with E-state index in [9.17, 15) is 0 Å². The Morgan fingerprint density at radius 3 is 2.06 bits per heavy atom. The molecule has 0 aliphatic heterocycles. The minimum Gasteiger partial charge on any atom is -0.467 e. The Hall–Kier alpha value is -1.80. The van der Waals surface area contributed by atoms with Gasteiger partial charge in [-0.05, 0) is 48.2 Å². The molecule has 0 aromatic heterocycles. The van der Waals surface area contributed by atoms with E-state index in [1.54, 1.807) is 7.11 Å². The lowest BCUT2D eigenvalue weighted by Crippen LogP contribution is -2.02. The minimum atomic E-state index is 0.284. The summed E-state index contributed by atoms with van der Waals surface area (Å²) in [7, 11) is 1.63. The van der Waals surface area contributed by atoms with Crippen molar-refractivity contribution in [3.8, 4) is 16.9 Å². The van der Waals surface area contributed by atoms with E-state index in [-0.39, 0.29) is 6.79 Å². The van der Waals surface area contributed by atoms with E-state index in [0.717, 1.165) is 16.9 Å². The third kappa shape index (κ3) is 2.71. The fourth-order valence-corrected chi connectivity index (χ4v) is 2.09. The van der Waals surface area contributed by atoms with Crippen molar-refractivity contribution < 1.29 is 9.47 Å². The third-order valence-electron chi connectivity index (χ3n) is 2.89. The second-order valence-corrected chi connectivity index (χ2v) is 4.36. The molecule has 2 nitrogen and oxygen atoms in total. The zero-order valence-electron chi connectivity index (χ0n) is 11.1. The zero-order chi connectivity index (χ0) is 13.0. The summed E-state index contributed by atoms with van der Waals surface area (Å²) in [6.07, 6.45) is 0. The molecule has 18 heavy (non-hydrogen) atoms. The number of hydrogen-bond acceptors (Lipinski definition) is 2. The van der Waals surface area contributed by atoms with Crippen LogP contribution in [0.1, 0.15) is 11.1 Å². The van der Waals surface area contributed by atoms with Gasteiger partial charge in [0.25, 0.3) is 0 Å². The van der Waals surface area contributed by atoms with Crippen LogP contribution in [-0.2, 0) is 4.74 Å². The molecule has 0 amide bonds. The van der Waals surface area contributed by atoms with Gasteiger partial charge in [0.05, 0.1) is 0 Å². The number of hydrogen-bond donors (Lipinski definition) is 0. The highest BCUT2D eigenvalue weighted by Gasteiger charge is 2.07. The first-order valence-electron chi connectivity index (χ1n) is 6.01. The van der Waals surface area contributed by atoms with Gasteiger partial charge < -0.3 is 9.47 Å². The number of methoxy groups -OCH3 is 1. The third-order valence-corrected chi connectivity index (χ3v) is 2.89. The molecule has 0 atom stereocenters. The Kier molecular flexibility index (Phi) is 4.00. The fourth-order valence-electron chi connectivity index (χ4n) is 2.09. The molecule has 0 N–H and O–H groups in total. The van der Waals surface area contributed by atoms with Gasteiger partial charge in [-0.1, -0.05) is 30.3 Å². The molecular weight excluding hydrogens is 224 g/mol. The summed E-state index contributed by atoms with van der Waals surface area (Å²) in [5.74, 6) is 0.913. The van der Waals surface area contributed by atoms with Crippen LogP contribution >= 0.6 is 0 Å². The Labute approximate surface area is 108 Å². The Bertz CT molecular complexity index is 495. The van der Waals surface area contributed by atoms with Crippen molar-refractivity contribution in [1.29, 1.82) is 0 Å². The molecule has 0 aliphatic rings.